The highest BCUT2D eigenvalue weighted by Crippen LogP contribution is 2.22. The normalized spacial score (nSPS) is 16.2. The molecule has 5 radical (unpaired) electrons. The van der Waals surface area contributed by atoms with Gasteiger partial charge in [0.15, 0.2) is 0 Å². The lowest BCUT2D eigenvalue weighted by molar-refractivity contribution is -0.118. The lowest BCUT2D eigenvalue weighted by Crippen LogP contribution is -2.35. The van der Waals surface area contributed by atoms with Crippen molar-refractivity contribution in [2.45, 2.75) is 32.8 Å². The van der Waals surface area contributed by atoms with Gasteiger partial charge in [0.05, 0.1) is 5.92 Å². The predicted octanol–water partition coefficient (Wildman–Crippen LogP) is 1.42. The van der Waals surface area contributed by atoms with E-state index < -0.39 is 11.7 Å². The van der Waals surface area contributed by atoms with E-state index in [1.165, 1.54) is 0 Å². The average molecular weight is 265 g/mol. The Bertz CT molecular complexity index is 304. The first-order valence-corrected chi connectivity index (χ1v) is 6.35. The van der Waals surface area contributed by atoms with Gasteiger partial charge in [-0.2, -0.15) is 0 Å². The number of carbonyl (C=O) groups is 2. The third-order valence-corrected chi connectivity index (χ3v) is 2.23. The molecule has 1 aliphatic rings. The summed E-state index contributed by atoms with van der Waals surface area (Å²) in [7, 11) is 0. The molecule has 0 bridgehead atoms. The minimum absolute atomic E-state index is 0.0951. The summed E-state index contributed by atoms with van der Waals surface area (Å²) in [5, 5.41) is 5.41. The first-order chi connectivity index (χ1) is 8.88. The fraction of sp³-hybridized carbons (Fsp3) is 0.500. The number of rotatable bonds is 5. The van der Waals surface area contributed by atoms with Crippen molar-refractivity contribution < 1.29 is 14.3 Å². The van der Waals surface area contributed by atoms with Crippen molar-refractivity contribution in [3.63, 3.8) is 0 Å². The van der Waals surface area contributed by atoms with Gasteiger partial charge in [-0.15, -0.1) is 0 Å². The van der Waals surface area contributed by atoms with Crippen LogP contribution in [0.25, 0.3) is 0 Å². The Kier molecular flexibility index (Phi) is 6.12. The standard InChI is InChI=1S/C14H21N2O3/c1-14(2,3)19-13(18)16-10-6-9-15-12(17)11-7-4-5-8-11/h4-5,7-8H,6,9-10H2,1-3H3,(H,15,17)(H,16,18). The summed E-state index contributed by atoms with van der Waals surface area (Å²) >= 11 is 0. The molecule has 5 nitrogen and oxygen atoms in total. The second kappa shape index (κ2) is 7.36. The number of ether oxygens (including phenoxy) is 1. The Hall–Kier alpha value is -1.26. The first kappa shape index (κ1) is 15.8. The molecule has 0 aromatic carbocycles. The highest BCUT2D eigenvalue weighted by Gasteiger charge is 2.23. The van der Waals surface area contributed by atoms with Crippen molar-refractivity contribution in [3.8, 4) is 0 Å². The van der Waals surface area contributed by atoms with Gasteiger partial charge >= 0.3 is 6.09 Å². The van der Waals surface area contributed by atoms with Crippen molar-refractivity contribution in [1.29, 1.82) is 0 Å². The Morgan fingerprint density at radius 1 is 1.11 bits per heavy atom. The summed E-state index contributed by atoms with van der Waals surface area (Å²) < 4.78 is 5.09. The largest absolute Gasteiger partial charge is 0.444 e. The third kappa shape index (κ3) is 7.03. The minimum Gasteiger partial charge on any atom is -0.444 e. The van der Waals surface area contributed by atoms with Gasteiger partial charge in [0, 0.05) is 13.1 Å². The molecular weight excluding hydrogens is 244 g/mol. The molecule has 0 atom stereocenters. The molecule has 2 N–H and O–H groups in total. The molecule has 0 unspecified atom stereocenters. The Morgan fingerprint density at radius 2 is 1.68 bits per heavy atom. The monoisotopic (exact) mass is 265 g/mol. The van der Waals surface area contributed by atoms with Crippen LogP contribution < -0.4 is 10.6 Å². The van der Waals surface area contributed by atoms with E-state index in [-0.39, 0.29) is 5.91 Å². The minimum atomic E-state index is -0.490. The number of hydrogen-bond donors (Lipinski definition) is 2. The summed E-state index contributed by atoms with van der Waals surface area (Å²) in [4.78, 5) is 22.9. The van der Waals surface area contributed by atoms with Crippen molar-refractivity contribution >= 4 is 12.0 Å². The van der Waals surface area contributed by atoms with E-state index in [1.54, 1.807) is 12.8 Å². The maximum Gasteiger partial charge on any atom is 0.407 e. The van der Waals surface area contributed by atoms with Crippen molar-refractivity contribution in [2.24, 2.45) is 0 Å². The van der Waals surface area contributed by atoms with E-state index in [2.05, 4.69) is 10.6 Å². The zero-order chi connectivity index (χ0) is 14.3. The maximum atomic E-state index is 11.6. The van der Waals surface area contributed by atoms with Crippen LogP contribution in [0.4, 0.5) is 4.79 Å². The van der Waals surface area contributed by atoms with Crippen LogP contribution in [0.15, 0.2) is 0 Å². The highest BCUT2D eigenvalue weighted by molar-refractivity contribution is 5.95. The Balaban J connectivity index is 2.01. The Labute approximate surface area is 115 Å². The van der Waals surface area contributed by atoms with E-state index in [0.29, 0.717) is 25.4 Å². The average Bonchev–Trinajstić information content (AvgIpc) is 2.79. The number of alkyl carbamates (subject to hydrolysis) is 1. The molecule has 0 spiro atoms. The van der Waals surface area contributed by atoms with Gasteiger partial charge in [-0.1, -0.05) is 0 Å². The molecular formula is C14H21N2O3. The molecule has 1 fully saturated rings. The summed E-state index contributed by atoms with van der Waals surface area (Å²) in [6.07, 6.45) is 7.38. The van der Waals surface area contributed by atoms with Gasteiger partial charge in [0.25, 0.3) is 0 Å². The molecule has 1 rings (SSSR count). The fourth-order valence-electron chi connectivity index (χ4n) is 1.42. The molecule has 19 heavy (non-hydrogen) atoms. The summed E-state index contributed by atoms with van der Waals surface area (Å²) in [6, 6.07) is 0. The molecule has 0 aliphatic heterocycles. The van der Waals surface area contributed by atoms with Crippen LogP contribution in [0.2, 0.25) is 0 Å². The molecule has 0 heterocycles. The molecule has 0 aromatic heterocycles. The molecule has 1 aliphatic carbocycles. The molecule has 105 valence electrons. The van der Waals surface area contributed by atoms with E-state index in [1.807, 2.05) is 33.6 Å². The van der Waals surface area contributed by atoms with Gasteiger partial charge in [-0.05, 0) is 52.9 Å². The van der Waals surface area contributed by atoms with Gasteiger partial charge < -0.3 is 15.4 Å². The quantitative estimate of drug-likeness (QED) is 0.739. The van der Waals surface area contributed by atoms with Crippen LogP contribution in [-0.4, -0.2) is 30.7 Å². The zero-order valence-electron chi connectivity index (χ0n) is 11.7. The van der Waals surface area contributed by atoms with E-state index in [9.17, 15) is 9.59 Å². The van der Waals surface area contributed by atoms with Crippen molar-refractivity contribution in [2.75, 3.05) is 13.1 Å². The van der Waals surface area contributed by atoms with Crippen molar-refractivity contribution in [3.05, 3.63) is 31.6 Å². The predicted molar refractivity (Wildman–Crippen MR) is 72.3 cm³/mol. The summed E-state index contributed by atoms with van der Waals surface area (Å²) in [6.45, 7) is 6.42. The van der Waals surface area contributed by atoms with Crippen LogP contribution >= 0.6 is 0 Å². The van der Waals surface area contributed by atoms with Gasteiger partial charge in [-0.3, -0.25) is 4.79 Å². The van der Waals surface area contributed by atoms with E-state index in [4.69, 9.17) is 4.74 Å². The van der Waals surface area contributed by atoms with Crippen LogP contribution in [-0.2, 0) is 9.53 Å². The first-order valence-electron chi connectivity index (χ1n) is 6.35. The number of carbonyl (C=O) groups excluding carboxylic acids is 2. The zero-order valence-corrected chi connectivity index (χ0v) is 11.7. The van der Waals surface area contributed by atoms with Crippen LogP contribution in [0, 0.1) is 31.6 Å². The summed E-state index contributed by atoms with van der Waals surface area (Å²) in [5.74, 6) is 0.558. The number of hydrogen-bond acceptors (Lipinski definition) is 3. The highest BCUT2D eigenvalue weighted by atomic mass is 16.6. The molecule has 1 saturated carbocycles. The van der Waals surface area contributed by atoms with Gasteiger partial charge in [-0.25, -0.2) is 4.79 Å². The van der Waals surface area contributed by atoms with Crippen LogP contribution in [0.1, 0.15) is 27.2 Å². The van der Waals surface area contributed by atoms with Crippen molar-refractivity contribution in [1.82, 2.24) is 10.6 Å². The Morgan fingerprint density at radius 3 is 2.26 bits per heavy atom. The lowest BCUT2D eigenvalue weighted by Gasteiger charge is -2.19. The topological polar surface area (TPSA) is 67.4 Å². The van der Waals surface area contributed by atoms with Gasteiger partial charge in [0.1, 0.15) is 5.60 Å². The number of amides is 2. The van der Waals surface area contributed by atoms with E-state index in [0.717, 1.165) is 0 Å². The van der Waals surface area contributed by atoms with Crippen LogP contribution in [0.3, 0.4) is 0 Å². The second-order valence-corrected chi connectivity index (χ2v) is 5.21. The molecule has 5 heteroatoms. The van der Waals surface area contributed by atoms with Gasteiger partial charge in [0.2, 0.25) is 5.91 Å². The number of nitrogens with one attached hydrogen (secondary N) is 2. The SMILES string of the molecule is CC(C)(C)OC(=O)NCCCNC(=O)[C]1[CH][CH][CH][CH]1. The van der Waals surface area contributed by atoms with Crippen LogP contribution in [0.5, 0.6) is 0 Å². The smallest absolute Gasteiger partial charge is 0.407 e. The maximum absolute atomic E-state index is 11.6. The summed E-state index contributed by atoms with van der Waals surface area (Å²) in [5.41, 5.74) is -0.490. The van der Waals surface area contributed by atoms with E-state index >= 15 is 0 Å². The fourth-order valence-corrected chi connectivity index (χ4v) is 1.42. The molecule has 2 amide bonds. The molecule has 0 saturated heterocycles. The second-order valence-electron chi connectivity index (χ2n) is 5.21. The molecule has 0 aromatic rings. The lowest BCUT2D eigenvalue weighted by atomic mass is 10.1. The third-order valence-electron chi connectivity index (χ3n) is 2.23.